The monoisotopic (exact) mass is 435 g/mol. The molecule has 0 atom stereocenters. The van der Waals surface area contributed by atoms with Crippen molar-refractivity contribution in [2.45, 2.75) is 13.5 Å². The maximum absolute atomic E-state index is 12.9. The number of nitrogens with one attached hydrogen (secondary N) is 1. The van der Waals surface area contributed by atoms with E-state index in [1.807, 2.05) is 61.5 Å². The molecular weight excluding hydrogens is 418 g/mol. The van der Waals surface area contributed by atoms with Crippen LogP contribution in [0.15, 0.2) is 72.8 Å². The lowest BCUT2D eigenvalue weighted by Gasteiger charge is -2.11. The van der Waals surface area contributed by atoms with Crippen molar-refractivity contribution in [3.05, 3.63) is 94.5 Å². The molecule has 0 aliphatic carbocycles. The van der Waals surface area contributed by atoms with E-state index in [1.54, 1.807) is 18.2 Å². The Balaban J connectivity index is 1.50. The van der Waals surface area contributed by atoms with Gasteiger partial charge in [-0.05, 0) is 30.7 Å². The van der Waals surface area contributed by atoms with Crippen LogP contribution in [0.5, 0.6) is 5.75 Å². The lowest BCUT2D eigenvalue weighted by Crippen LogP contribution is -2.13. The molecule has 150 valence electrons. The summed E-state index contributed by atoms with van der Waals surface area (Å²) < 4.78 is 5.87. The summed E-state index contributed by atoms with van der Waals surface area (Å²) in [6.07, 6.45) is 0. The molecule has 4 aromatic rings. The molecule has 0 aliphatic heterocycles. The van der Waals surface area contributed by atoms with Gasteiger partial charge in [0.1, 0.15) is 17.4 Å². The van der Waals surface area contributed by atoms with E-state index in [9.17, 15) is 4.79 Å². The summed E-state index contributed by atoms with van der Waals surface area (Å²) >= 11 is 7.42. The van der Waals surface area contributed by atoms with Gasteiger partial charge in [-0.15, -0.1) is 10.2 Å². The Morgan fingerprint density at radius 1 is 1.03 bits per heavy atom. The number of hydrogen-bond acceptors (Lipinski definition) is 5. The molecule has 0 fully saturated rings. The maximum atomic E-state index is 12.9. The first-order chi connectivity index (χ1) is 14.6. The topological polar surface area (TPSA) is 64.1 Å². The summed E-state index contributed by atoms with van der Waals surface area (Å²) in [5, 5.41) is 12.6. The molecule has 3 aromatic carbocycles. The van der Waals surface area contributed by atoms with Gasteiger partial charge >= 0.3 is 0 Å². The maximum Gasteiger partial charge on any atom is 0.261 e. The molecule has 0 saturated heterocycles. The molecule has 1 N–H and O–H groups in total. The molecule has 0 bridgehead atoms. The van der Waals surface area contributed by atoms with E-state index in [1.165, 1.54) is 16.9 Å². The first-order valence-electron chi connectivity index (χ1n) is 9.27. The van der Waals surface area contributed by atoms with Crippen LogP contribution in [0.1, 0.15) is 21.5 Å². The summed E-state index contributed by atoms with van der Waals surface area (Å²) in [4.78, 5) is 12.9. The minimum Gasteiger partial charge on any atom is -0.488 e. The summed E-state index contributed by atoms with van der Waals surface area (Å²) in [5.41, 5.74) is 3.46. The van der Waals surface area contributed by atoms with E-state index in [0.717, 1.165) is 16.1 Å². The highest BCUT2D eigenvalue weighted by atomic mass is 35.5. The lowest BCUT2D eigenvalue weighted by molar-refractivity contribution is 0.102. The number of carbonyl (C=O) groups is 1. The molecule has 1 heterocycles. The number of anilines is 1. The van der Waals surface area contributed by atoms with Gasteiger partial charge in [0.05, 0.1) is 5.56 Å². The number of ether oxygens (including phenoxy) is 1. The number of rotatable bonds is 6. The van der Waals surface area contributed by atoms with Crippen LogP contribution in [0.25, 0.3) is 10.6 Å². The Bertz CT molecular complexity index is 1160. The lowest BCUT2D eigenvalue weighted by atomic mass is 10.2. The van der Waals surface area contributed by atoms with Gasteiger partial charge in [0, 0.05) is 10.6 Å². The van der Waals surface area contributed by atoms with E-state index < -0.39 is 0 Å². The fourth-order valence-corrected chi connectivity index (χ4v) is 3.71. The average molecular weight is 436 g/mol. The first-order valence-corrected chi connectivity index (χ1v) is 10.5. The molecule has 30 heavy (non-hydrogen) atoms. The van der Waals surface area contributed by atoms with Crippen molar-refractivity contribution >= 4 is 34.0 Å². The molecule has 0 aliphatic rings. The number of halogens is 1. The highest BCUT2D eigenvalue weighted by Gasteiger charge is 2.16. The van der Waals surface area contributed by atoms with Crippen molar-refractivity contribution in [2.24, 2.45) is 0 Å². The molecular formula is C23H18ClN3O2S. The number of nitrogens with zero attached hydrogens (tertiary/aromatic N) is 2. The summed E-state index contributed by atoms with van der Waals surface area (Å²) in [6.45, 7) is 2.37. The number of aromatic nitrogens is 2. The Hall–Kier alpha value is -3.22. The van der Waals surface area contributed by atoms with Crippen LogP contribution in [-0.4, -0.2) is 16.1 Å². The third kappa shape index (κ3) is 4.84. The summed E-state index contributed by atoms with van der Waals surface area (Å²) in [5.74, 6) is 0.0937. The number of amides is 1. The van der Waals surface area contributed by atoms with Crippen molar-refractivity contribution in [3.8, 4) is 16.3 Å². The minimum absolute atomic E-state index is 0.338. The number of carbonyl (C=O) groups excluding carboxylic acids is 1. The normalized spacial score (nSPS) is 10.6. The SMILES string of the molecule is Cc1ccc(-c2nnc(NC(=O)c3cc(Cl)ccc3OCc3ccccc3)s2)cc1. The van der Waals surface area contributed by atoms with Gasteiger partial charge < -0.3 is 4.74 Å². The number of aryl methyl sites for hydroxylation is 1. The van der Waals surface area contributed by atoms with Crippen LogP contribution in [0, 0.1) is 6.92 Å². The quantitative estimate of drug-likeness (QED) is 0.403. The third-order valence-corrected chi connectivity index (χ3v) is 5.49. The molecule has 4 rings (SSSR count). The average Bonchev–Trinajstić information content (AvgIpc) is 3.22. The first kappa shape index (κ1) is 20.1. The fraction of sp³-hybridized carbons (Fsp3) is 0.0870. The smallest absolute Gasteiger partial charge is 0.261 e. The van der Waals surface area contributed by atoms with Gasteiger partial charge in [-0.1, -0.05) is 83.1 Å². The molecule has 1 aromatic heterocycles. The van der Waals surface area contributed by atoms with E-state index in [2.05, 4.69) is 15.5 Å². The molecule has 7 heteroatoms. The summed E-state index contributed by atoms with van der Waals surface area (Å²) in [6, 6.07) is 22.7. The van der Waals surface area contributed by atoms with Gasteiger partial charge in [-0.3, -0.25) is 10.1 Å². The van der Waals surface area contributed by atoms with Crippen LogP contribution >= 0.6 is 22.9 Å². The zero-order chi connectivity index (χ0) is 20.9. The highest BCUT2D eigenvalue weighted by molar-refractivity contribution is 7.18. The second-order valence-corrected chi connectivity index (χ2v) is 8.06. The largest absolute Gasteiger partial charge is 0.488 e. The van der Waals surface area contributed by atoms with Gasteiger partial charge in [0.15, 0.2) is 0 Å². The molecule has 5 nitrogen and oxygen atoms in total. The second kappa shape index (κ2) is 9.07. The standard InChI is InChI=1S/C23H18ClN3O2S/c1-15-7-9-17(10-8-15)22-26-27-23(30-22)25-21(28)19-13-18(24)11-12-20(19)29-14-16-5-3-2-4-6-16/h2-13H,14H2,1H3,(H,25,27,28). The van der Waals surface area contributed by atoms with Crippen LogP contribution in [0.3, 0.4) is 0 Å². The number of hydrogen-bond donors (Lipinski definition) is 1. The van der Waals surface area contributed by atoms with Crippen LogP contribution in [0.4, 0.5) is 5.13 Å². The summed E-state index contributed by atoms with van der Waals surface area (Å²) in [7, 11) is 0. The highest BCUT2D eigenvalue weighted by Crippen LogP contribution is 2.29. The predicted octanol–water partition coefficient (Wildman–Crippen LogP) is 6.00. The van der Waals surface area contributed by atoms with Crippen LogP contribution < -0.4 is 10.1 Å². The fourth-order valence-electron chi connectivity index (χ4n) is 2.79. The zero-order valence-electron chi connectivity index (χ0n) is 16.1. The van der Waals surface area contributed by atoms with Crippen molar-refractivity contribution < 1.29 is 9.53 Å². The number of benzene rings is 3. The van der Waals surface area contributed by atoms with Crippen molar-refractivity contribution in [1.82, 2.24) is 10.2 Å². The Kier molecular flexibility index (Phi) is 6.07. The minimum atomic E-state index is -0.354. The Morgan fingerprint density at radius 2 is 1.80 bits per heavy atom. The Morgan fingerprint density at radius 3 is 2.57 bits per heavy atom. The molecule has 0 spiro atoms. The van der Waals surface area contributed by atoms with Gasteiger partial charge in [0.25, 0.3) is 5.91 Å². The second-order valence-electron chi connectivity index (χ2n) is 6.65. The van der Waals surface area contributed by atoms with Crippen molar-refractivity contribution in [3.63, 3.8) is 0 Å². The zero-order valence-corrected chi connectivity index (χ0v) is 17.7. The van der Waals surface area contributed by atoms with Crippen molar-refractivity contribution in [2.75, 3.05) is 5.32 Å². The van der Waals surface area contributed by atoms with Gasteiger partial charge in [-0.25, -0.2) is 0 Å². The van der Waals surface area contributed by atoms with Crippen LogP contribution in [-0.2, 0) is 6.61 Å². The van der Waals surface area contributed by atoms with Crippen molar-refractivity contribution in [1.29, 1.82) is 0 Å². The van der Waals surface area contributed by atoms with E-state index in [0.29, 0.717) is 28.1 Å². The molecule has 0 unspecified atom stereocenters. The third-order valence-electron chi connectivity index (χ3n) is 4.37. The van der Waals surface area contributed by atoms with E-state index in [-0.39, 0.29) is 5.91 Å². The predicted molar refractivity (Wildman–Crippen MR) is 120 cm³/mol. The molecule has 1 amide bonds. The van der Waals surface area contributed by atoms with Gasteiger partial charge in [0.2, 0.25) is 5.13 Å². The Labute approximate surface area is 183 Å². The van der Waals surface area contributed by atoms with Gasteiger partial charge in [-0.2, -0.15) is 0 Å². The van der Waals surface area contributed by atoms with E-state index >= 15 is 0 Å². The van der Waals surface area contributed by atoms with E-state index in [4.69, 9.17) is 16.3 Å². The van der Waals surface area contributed by atoms with Crippen LogP contribution in [0.2, 0.25) is 5.02 Å². The molecule has 0 saturated carbocycles. The molecule has 0 radical (unpaired) electrons.